The molecule has 0 saturated carbocycles. The van der Waals surface area contributed by atoms with Crippen LogP contribution in [0.5, 0.6) is 0 Å². The molecule has 0 aliphatic heterocycles. The largest absolute Gasteiger partial charge is 0.378 e. The summed E-state index contributed by atoms with van der Waals surface area (Å²) in [4.78, 5) is 11.3. The van der Waals surface area contributed by atoms with Gasteiger partial charge in [0.2, 0.25) is 5.91 Å². The number of carbonyl (C=O) groups excluding carboxylic acids is 1. The summed E-state index contributed by atoms with van der Waals surface area (Å²) in [5, 5.41) is 6.13. The van der Waals surface area contributed by atoms with Crippen LogP contribution in [0, 0.1) is 5.82 Å². The van der Waals surface area contributed by atoms with Crippen molar-refractivity contribution in [3.63, 3.8) is 0 Å². The fraction of sp³-hybridized carbons (Fsp3) is 0.167. The predicted molar refractivity (Wildman–Crippen MR) is 86.4 cm³/mol. The van der Waals surface area contributed by atoms with Gasteiger partial charge in [0.1, 0.15) is 5.82 Å². The minimum Gasteiger partial charge on any atom is -0.378 e. The first-order chi connectivity index (χ1) is 10.7. The number of benzene rings is 2. The van der Waals surface area contributed by atoms with Crippen LogP contribution in [0.15, 0.2) is 55.1 Å². The molecule has 0 saturated heterocycles. The molecule has 112 valence electrons. The minimum absolute atomic E-state index is 0.168. The van der Waals surface area contributed by atoms with E-state index >= 15 is 0 Å². The maximum atomic E-state index is 13.3. The lowest BCUT2D eigenvalue weighted by atomic mass is 10.1. The molecular formula is C18H17FN2O. The van der Waals surface area contributed by atoms with Gasteiger partial charge in [0.15, 0.2) is 0 Å². The molecule has 0 radical (unpaired) electrons. The summed E-state index contributed by atoms with van der Waals surface area (Å²) in [6.45, 7) is 3.44. The highest BCUT2D eigenvalue weighted by Gasteiger charge is 2.22. The zero-order valence-electron chi connectivity index (χ0n) is 12.1. The summed E-state index contributed by atoms with van der Waals surface area (Å²) in [6, 6.07) is 12.5. The maximum Gasteiger partial charge on any atom is 0.247 e. The molecule has 0 heterocycles. The first kappa shape index (κ1) is 14.3. The Labute approximate surface area is 128 Å². The van der Waals surface area contributed by atoms with Crippen molar-refractivity contribution in [1.29, 1.82) is 0 Å². The molecule has 1 unspecified atom stereocenters. The summed E-state index contributed by atoms with van der Waals surface area (Å²) in [7, 11) is 0. The molecule has 1 aliphatic rings. The number of aryl methyl sites for hydroxylation is 1. The SMILES string of the molecule is C=CC(=O)Nc1ccc2c(c1)CCC2Nc1cccc(F)c1. The second-order valence-corrected chi connectivity index (χ2v) is 5.35. The van der Waals surface area contributed by atoms with E-state index in [0.717, 1.165) is 24.2 Å². The maximum absolute atomic E-state index is 13.3. The zero-order valence-corrected chi connectivity index (χ0v) is 12.1. The fourth-order valence-electron chi connectivity index (χ4n) is 2.82. The first-order valence-electron chi connectivity index (χ1n) is 7.24. The van der Waals surface area contributed by atoms with Crippen molar-refractivity contribution in [2.45, 2.75) is 18.9 Å². The van der Waals surface area contributed by atoms with E-state index < -0.39 is 0 Å². The molecule has 2 N–H and O–H groups in total. The molecule has 4 heteroatoms. The molecule has 0 fully saturated rings. The Hall–Kier alpha value is -2.62. The predicted octanol–water partition coefficient (Wildman–Crippen LogP) is 4.05. The second-order valence-electron chi connectivity index (χ2n) is 5.35. The summed E-state index contributed by atoms with van der Waals surface area (Å²) in [5.41, 5.74) is 3.95. The number of rotatable bonds is 4. The van der Waals surface area contributed by atoms with Gasteiger partial charge in [-0.05, 0) is 60.4 Å². The van der Waals surface area contributed by atoms with Crippen LogP contribution in [-0.2, 0) is 11.2 Å². The normalized spacial score (nSPS) is 16.0. The van der Waals surface area contributed by atoms with Gasteiger partial charge >= 0.3 is 0 Å². The van der Waals surface area contributed by atoms with E-state index in [0.29, 0.717) is 0 Å². The Bertz CT molecular complexity index is 727. The monoisotopic (exact) mass is 296 g/mol. The van der Waals surface area contributed by atoms with Gasteiger partial charge < -0.3 is 10.6 Å². The molecule has 0 bridgehead atoms. The lowest BCUT2D eigenvalue weighted by Crippen LogP contribution is -2.09. The highest BCUT2D eigenvalue weighted by molar-refractivity contribution is 5.98. The quantitative estimate of drug-likeness (QED) is 0.836. The Morgan fingerprint density at radius 2 is 2.09 bits per heavy atom. The van der Waals surface area contributed by atoms with Crippen LogP contribution < -0.4 is 10.6 Å². The van der Waals surface area contributed by atoms with Gasteiger partial charge in [-0.25, -0.2) is 4.39 Å². The van der Waals surface area contributed by atoms with Crippen LogP contribution in [0.3, 0.4) is 0 Å². The van der Waals surface area contributed by atoms with Crippen molar-refractivity contribution in [2.24, 2.45) is 0 Å². The molecular weight excluding hydrogens is 279 g/mol. The van der Waals surface area contributed by atoms with Crippen LogP contribution in [0.2, 0.25) is 0 Å². The summed E-state index contributed by atoms with van der Waals surface area (Å²) in [6.07, 6.45) is 3.13. The van der Waals surface area contributed by atoms with Crippen molar-refractivity contribution in [1.82, 2.24) is 0 Å². The molecule has 1 amide bonds. The average molecular weight is 296 g/mol. The molecule has 3 rings (SSSR count). The van der Waals surface area contributed by atoms with E-state index in [4.69, 9.17) is 0 Å². The number of carbonyl (C=O) groups is 1. The summed E-state index contributed by atoms with van der Waals surface area (Å²) < 4.78 is 13.3. The third-order valence-corrected chi connectivity index (χ3v) is 3.84. The molecule has 0 aromatic heterocycles. The molecule has 22 heavy (non-hydrogen) atoms. The smallest absolute Gasteiger partial charge is 0.247 e. The zero-order chi connectivity index (χ0) is 15.5. The van der Waals surface area contributed by atoms with Gasteiger partial charge in [0.25, 0.3) is 0 Å². The van der Waals surface area contributed by atoms with Gasteiger partial charge in [-0.15, -0.1) is 0 Å². The Morgan fingerprint density at radius 1 is 1.23 bits per heavy atom. The van der Waals surface area contributed by atoms with Crippen LogP contribution in [0.25, 0.3) is 0 Å². The molecule has 3 nitrogen and oxygen atoms in total. The van der Waals surface area contributed by atoms with Crippen molar-refractivity contribution in [2.75, 3.05) is 10.6 Å². The number of hydrogen-bond donors (Lipinski definition) is 2. The van der Waals surface area contributed by atoms with Crippen molar-refractivity contribution >= 4 is 17.3 Å². The standard InChI is InChI=1S/C18H17FN2O/c1-2-18(22)21-15-7-8-16-12(10-15)6-9-17(16)20-14-5-3-4-13(19)11-14/h2-5,7-8,10-11,17,20H,1,6,9H2,(H,21,22). The van der Waals surface area contributed by atoms with Crippen LogP contribution in [-0.4, -0.2) is 5.91 Å². The van der Waals surface area contributed by atoms with E-state index in [-0.39, 0.29) is 17.8 Å². The van der Waals surface area contributed by atoms with E-state index in [9.17, 15) is 9.18 Å². The Balaban J connectivity index is 1.77. The highest BCUT2D eigenvalue weighted by Crippen LogP contribution is 2.35. The highest BCUT2D eigenvalue weighted by atomic mass is 19.1. The van der Waals surface area contributed by atoms with E-state index in [1.165, 1.54) is 29.3 Å². The number of nitrogens with one attached hydrogen (secondary N) is 2. The molecule has 2 aromatic rings. The van der Waals surface area contributed by atoms with E-state index in [1.807, 2.05) is 24.3 Å². The van der Waals surface area contributed by atoms with E-state index in [1.54, 1.807) is 6.07 Å². The van der Waals surface area contributed by atoms with Crippen LogP contribution >= 0.6 is 0 Å². The van der Waals surface area contributed by atoms with Gasteiger partial charge in [-0.3, -0.25) is 4.79 Å². The molecule has 2 aromatic carbocycles. The van der Waals surface area contributed by atoms with Gasteiger partial charge in [-0.1, -0.05) is 18.7 Å². The summed E-state index contributed by atoms with van der Waals surface area (Å²) in [5.74, 6) is -0.460. The van der Waals surface area contributed by atoms with Gasteiger partial charge in [0, 0.05) is 11.4 Å². The molecule has 0 spiro atoms. The molecule has 1 atom stereocenters. The lowest BCUT2D eigenvalue weighted by Gasteiger charge is -2.16. The van der Waals surface area contributed by atoms with Crippen LogP contribution in [0.1, 0.15) is 23.6 Å². The second kappa shape index (κ2) is 6.02. The van der Waals surface area contributed by atoms with Crippen molar-refractivity contribution < 1.29 is 9.18 Å². The van der Waals surface area contributed by atoms with Crippen molar-refractivity contribution in [3.8, 4) is 0 Å². The number of hydrogen-bond acceptors (Lipinski definition) is 2. The summed E-state index contributed by atoms with van der Waals surface area (Å²) >= 11 is 0. The average Bonchev–Trinajstić information content (AvgIpc) is 2.89. The Morgan fingerprint density at radius 3 is 2.86 bits per heavy atom. The van der Waals surface area contributed by atoms with Crippen molar-refractivity contribution in [3.05, 3.63) is 72.1 Å². The number of amides is 1. The number of halogens is 1. The third kappa shape index (κ3) is 3.01. The topological polar surface area (TPSA) is 41.1 Å². The number of fused-ring (bicyclic) bond motifs is 1. The first-order valence-corrected chi connectivity index (χ1v) is 7.24. The Kier molecular flexibility index (Phi) is 3.92. The van der Waals surface area contributed by atoms with Crippen LogP contribution in [0.4, 0.5) is 15.8 Å². The number of anilines is 2. The van der Waals surface area contributed by atoms with E-state index in [2.05, 4.69) is 17.2 Å². The fourth-order valence-corrected chi connectivity index (χ4v) is 2.82. The lowest BCUT2D eigenvalue weighted by molar-refractivity contribution is -0.111. The van der Waals surface area contributed by atoms with Gasteiger partial charge in [0.05, 0.1) is 6.04 Å². The minimum atomic E-state index is -0.245. The third-order valence-electron chi connectivity index (χ3n) is 3.84. The molecule has 1 aliphatic carbocycles. The van der Waals surface area contributed by atoms with Gasteiger partial charge in [-0.2, -0.15) is 0 Å².